The van der Waals surface area contributed by atoms with Gasteiger partial charge in [0.15, 0.2) is 0 Å². The number of hydrogen-bond acceptors (Lipinski definition) is 5. The van der Waals surface area contributed by atoms with Crippen LogP contribution < -0.4 is 4.74 Å². The number of benzene rings is 1. The maximum atomic E-state index is 13.1. The Morgan fingerprint density at radius 2 is 1.97 bits per heavy atom. The van der Waals surface area contributed by atoms with Gasteiger partial charge in [0.2, 0.25) is 0 Å². The fourth-order valence-corrected chi connectivity index (χ4v) is 6.42. The second kappa shape index (κ2) is 10.1. The van der Waals surface area contributed by atoms with Gasteiger partial charge in [-0.25, -0.2) is 4.98 Å². The SMILES string of the molecule is Cc1ncsc1C(=O)N1CCC2(CCCCc3ccccc3OCCN(CC3CC3)C2)CC1. The second-order valence-electron chi connectivity index (χ2n) is 10.4. The van der Waals surface area contributed by atoms with Crippen molar-refractivity contribution < 1.29 is 9.53 Å². The lowest BCUT2D eigenvalue weighted by molar-refractivity contribution is 0.0371. The van der Waals surface area contributed by atoms with Gasteiger partial charge in [0.05, 0.1) is 11.2 Å². The molecule has 6 heteroatoms. The Balaban J connectivity index is 1.28. The van der Waals surface area contributed by atoms with Crippen LogP contribution in [0.4, 0.5) is 0 Å². The van der Waals surface area contributed by atoms with Crippen LogP contribution in [0.3, 0.4) is 0 Å². The Morgan fingerprint density at radius 1 is 1.15 bits per heavy atom. The summed E-state index contributed by atoms with van der Waals surface area (Å²) < 4.78 is 6.27. The number of likely N-dealkylation sites (tertiary alicyclic amines) is 1. The summed E-state index contributed by atoms with van der Waals surface area (Å²) in [5.41, 5.74) is 4.32. The molecule has 0 unspecified atom stereocenters. The molecule has 2 fully saturated rings. The molecule has 5 nitrogen and oxygen atoms in total. The number of fused-ring (bicyclic) bond motifs is 1. The van der Waals surface area contributed by atoms with Crippen LogP contribution in [0.15, 0.2) is 29.8 Å². The van der Waals surface area contributed by atoms with Crippen LogP contribution in [0.25, 0.3) is 0 Å². The summed E-state index contributed by atoms with van der Waals surface area (Å²) in [5, 5.41) is 0. The molecule has 1 aliphatic carbocycles. The van der Waals surface area contributed by atoms with E-state index in [1.54, 1.807) is 5.51 Å². The van der Waals surface area contributed by atoms with E-state index in [0.717, 1.165) is 74.3 Å². The first-order valence-electron chi connectivity index (χ1n) is 12.7. The second-order valence-corrected chi connectivity index (χ2v) is 11.3. The predicted molar refractivity (Wildman–Crippen MR) is 133 cm³/mol. The van der Waals surface area contributed by atoms with Gasteiger partial charge in [0.25, 0.3) is 5.91 Å². The maximum Gasteiger partial charge on any atom is 0.265 e. The zero-order valence-corrected chi connectivity index (χ0v) is 20.7. The lowest BCUT2D eigenvalue weighted by Gasteiger charge is -2.45. The van der Waals surface area contributed by atoms with E-state index in [4.69, 9.17) is 4.74 Å². The number of rotatable bonds is 3. The molecule has 0 atom stereocenters. The zero-order chi connectivity index (χ0) is 22.7. The lowest BCUT2D eigenvalue weighted by Crippen LogP contribution is -2.49. The van der Waals surface area contributed by atoms with Gasteiger partial charge in [-0.1, -0.05) is 24.6 Å². The average Bonchev–Trinajstić information content (AvgIpc) is 3.53. The molecule has 1 spiro atoms. The molecule has 1 aromatic heterocycles. The lowest BCUT2D eigenvalue weighted by atomic mass is 9.73. The normalized spacial score (nSPS) is 22.2. The average molecular weight is 468 g/mol. The molecule has 0 N–H and O–H groups in total. The van der Waals surface area contributed by atoms with Gasteiger partial charge in [-0.05, 0) is 74.8 Å². The standard InChI is InChI=1S/C27H37N3O2S/c1-21-25(33-20-28-21)26(31)30-14-12-27(13-15-30)11-5-4-7-23-6-2-3-8-24(23)32-17-16-29(19-27)18-22-9-10-22/h2-3,6,8,20,22H,4-5,7,9-19H2,1H3. The molecule has 3 aliphatic rings. The van der Waals surface area contributed by atoms with Crippen LogP contribution in [-0.2, 0) is 6.42 Å². The number of ether oxygens (including phenoxy) is 1. The Bertz CT molecular complexity index is 946. The van der Waals surface area contributed by atoms with E-state index in [0.29, 0.717) is 5.41 Å². The third kappa shape index (κ3) is 5.60. The highest BCUT2D eigenvalue weighted by Crippen LogP contribution is 2.40. The highest BCUT2D eigenvalue weighted by Gasteiger charge is 2.38. The smallest absolute Gasteiger partial charge is 0.265 e. The van der Waals surface area contributed by atoms with E-state index in [2.05, 4.69) is 39.0 Å². The number of nitrogens with zero attached hydrogens (tertiary/aromatic N) is 3. The molecule has 33 heavy (non-hydrogen) atoms. The first kappa shape index (κ1) is 22.9. The number of carbonyl (C=O) groups is 1. The topological polar surface area (TPSA) is 45.7 Å². The fraction of sp³-hybridized carbons (Fsp3) is 0.630. The number of thiazole rings is 1. The number of aryl methyl sites for hydroxylation is 2. The monoisotopic (exact) mass is 467 g/mol. The van der Waals surface area contributed by atoms with Crippen LogP contribution in [-0.4, -0.2) is 60.0 Å². The maximum absolute atomic E-state index is 13.1. The van der Waals surface area contributed by atoms with E-state index in [-0.39, 0.29) is 5.91 Å². The molecule has 0 bridgehead atoms. The first-order valence-corrected chi connectivity index (χ1v) is 13.6. The molecule has 3 heterocycles. The van der Waals surface area contributed by atoms with E-state index in [9.17, 15) is 4.79 Å². The van der Waals surface area contributed by atoms with Crippen molar-refractivity contribution in [1.82, 2.24) is 14.8 Å². The number of para-hydroxylation sites is 1. The van der Waals surface area contributed by atoms with Gasteiger partial charge in [-0.3, -0.25) is 9.69 Å². The first-order chi connectivity index (χ1) is 16.1. The van der Waals surface area contributed by atoms with E-state index < -0.39 is 0 Å². The van der Waals surface area contributed by atoms with Gasteiger partial charge < -0.3 is 9.64 Å². The third-order valence-corrected chi connectivity index (χ3v) is 8.78. The minimum atomic E-state index is 0.179. The van der Waals surface area contributed by atoms with Crippen molar-refractivity contribution in [3.8, 4) is 5.75 Å². The summed E-state index contributed by atoms with van der Waals surface area (Å²) in [6.07, 6.45) is 9.77. The number of carbonyl (C=O) groups excluding carboxylic acids is 1. The van der Waals surface area contributed by atoms with Crippen molar-refractivity contribution in [2.24, 2.45) is 11.3 Å². The molecular formula is C27H37N3O2S. The van der Waals surface area contributed by atoms with Crippen molar-refractivity contribution in [2.75, 3.05) is 39.3 Å². The van der Waals surface area contributed by atoms with Crippen LogP contribution in [0.1, 0.15) is 65.9 Å². The summed E-state index contributed by atoms with van der Waals surface area (Å²) in [6, 6.07) is 8.58. The van der Waals surface area contributed by atoms with Crippen molar-refractivity contribution in [1.29, 1.82) is 0 Å². The van der Waals surface area contributed by atoms with Crippen molar-refractivity contribution >= 4 is 17.2 Å². The molecule has 1 amide bonds. The van der Waals surface area contributed by atoms with Gasteiger partial charge in [-0.15, -0.1) is 11.3 Å². The Hall–Kier alpha value is -1.92. The van der Waals surface area contributed by atoms with Crippen molar-refractivity contribution in [3.63, 3.8) is 0 Å². The molecule has 2 aromatic rings. The predicted octanol–water partition coefficient (Wildman–Crippen LogP) is 5.19. The summed E-state index contributed by atoms with van der Waals surface area (Å²) >= 11 is 1.48. The van der Waals surface area contributed by atoms with Crippen LogP contribution >= 0.6 is 11.3 Å². The Kier molecular flexibility index (Phi) is 7.02. The summed E-state index contributed by atoms with van der Waals surface area (Å²) in [5.74, 6) is 2.13. The minimum absolute atomic E-state index is 0.179. The molecule has 2 aliphatic heterocycles. The van der Waals surface area contributed by atoms with Gasteiger partial charge in [-0.2, -0.15) is 0 Å². The van der Waals surface area contributed by atoms with Gasteiger partial charge >= 0.3 is 0 Å². The number of amides is 1. The van der Waals surface area contributed by atoms with E-state index in [1.807, 2.05) is 6.92 Å². The quantitative estimate of drug-likeness (QED) is 0.623. The molecule has 178 valence electrons. The summed E-state index contributed by atoms with van der Waals surface area (Å²) in [6.45, 7) is 7.79. The highest BCUT2D eigenvalue weighted by atomic mass is 32.1. The Morgan fingerprint density at radius 3 is 2.73 bits per heavy atom. The molecule has 5 rings (SSSR count). The molecular weight excluding hydrogens is 430 g/mol. The van der Waals surface area contributed by atoms with E-state index in [1.165, 1.54) is 55.5 Å². The van der Waals surface area contributed by atoms with Crippen LogP contribution in [0, 0.1) is 18.3 Å². The highest BCUT2D eigenvalue weighted by molar-refractivity contribution is 7.11. The zero-order valence-electron chi connectivity index (χ0n) is 19.9. The fourth-order valence-electron chi connectivity index (χ4n) is 5.65. The molecule has 1 saturated heterocycles. The number of piperidine rings is 1. The minimum Gasteiger partial charge on any atom is -0.492 e. The van der Waals surface area contributed by atoms with Crippen molar-refractivity contribution in [3.05, 3.63) is 45.9 Å². The molecule has 1 aromatic carbocycles. The molecule has 1 saturated carbocycles. The van der Waals surface area contributed by atoms with Gasteiger partial charge in [0, 0.05) is 32.7 Å². The van der Waals surface area contributed by atoms with Crippen LogP contribution in [0.5, 0.6) is 5.75 Å². The third-order valence-electron chi connectivity index (χ3n) is 7.86. The summed E-state index contributed by atoms with van der Waals surface area (Å²) in [7, 11) is 0. The number of aromatic nitrogens is 1. The summed E-state index contributed by atoms with van der Waals surface area (Å²) in [4.78, 5) is 22.9. The Labute approximate surface area is 202 Å². The van der Waals surface area contributed by atoms with Crippen molar-refractivity contribution in [2.45, 2.75) is 58.3 Å². The van der Waals surface area contributed by atoms with E-state index >= 15 is 0 Å². The van der Waals surface area contributed by atoms with Crippen LogP contribution in [0.2, 0.25) is 0 Å². The molecule has 0 radical (unpaired) electrons. The number of hydrogen-bond donors (Lipinski definition) is 0. The largest absolute Gasteiger partial charge is 0.492 e. The van der Waals surface area contributed by atoms with Gasteiger partial charge in [0.1, 0.15) is 17.2 Å².